The van der Waals surface area contributed by atoms with E-state index in [0.717, 1.165) is 0 Å². The number of nitrogens with one attached hydrogen (secondary N) is 1. The van der Waals surface area contributed by atoms with Crippen LogP contribution in [0.1, 0.15) is 6.92 Å². The van der Waals surface area contributed by atoms with Gasteiger partial charge in [0.15, 0.2) is 0 Å². The fourth-order valence-corrected chi connectivity index (χ4v) is 3.26. The van der Waals surface area contributed by atoms with Crippen molar-refractivity contribution in [3.63, 3.8) is 0 Å². The van der Waals surface area contributed by atoms with Crippen LogP contribution in [0.4, 0.5) is 5.69 Å². The van der Waals surface area contributed by atoms with Gasteiger partial charge in [-0.05, 0) is 25.1 Å². The van der Waals surface area contributed by atoms with E-state index in [1.165, 1.54) is 0 Å². The Balaban J connectivity index is 1.86. The second kappa shape index (κ2) is 4.86. The van der Waals surface area contributed by atoms with Crippen molar-refractivity contribution < 1.29 is 19.4 Å². The van der Waals surface area contributed by atoms with E-state index in [2.05, 4.69) is 5.32 Å². The molecule has 1 aromatic carbocycles. The van der Waals surface area contributed by atoms with E-state index >= 15 is 0 Å². The van der Waals surface area contributed by atoms with Gasteiger partial charge in [-0.2, -0.15) is 0 Å². The van der Waals surface area contributed by atoms with Gasteiger partial charge in [0, 0.05) is 10.7 Å². The van der Waals surface area contributed by atoms with E-state index in [-0.39, 0.29) is 5.91 Å². The molecule has 1 aromatic rings. The number of hydrogen-bond acceptors (Lipinski definition) is 3. The highest BCUT2D eigenvalue weighted by atomic mass is 35.5. The summed E-state index contributed by atoms with van der Waals surface area (Å²) in [4.78, 5) is 23.9. The van der Waals surface area contributed by atoms with E-state index < -0.39 is 29.5 Å². The molecule has 3 rings (SSSR count). The molecule has 0 aliphatic carbocycles. The number of carboxylic acid groups (broad SMARTS) is 1. The van der Waals surface area contributed by atoms with E-state index in [9.17, 15) is 14.7 Å². The lowest BCUT2D eigenvalue weighted by molar-refractivity contribution is -0.146. The van der Waals surface area contributed by atoms with Gasteiger partial charge in [0.25, 0.3) is 0 Å². The lowest BCUT2D eigenvalue weighted by Gasteiger charge is -2.27. The van der Waals surface area contributed by atoms with Gasteiger partial charge >= 0.3 is 5.97 Å². The fourth-order valence-electron chi connectivity index (χ4n) is 3.07. The standard InChI is InChI=1S/C15H14ClNO4/c1-15-6-5-10(21-15)11(14(19)20)12(15)13(18)17-9-4-2-3-8(16)7-9/h2-7,10-12H,1H3,(H,17,18)(H,19,20)/t10-,11-,12+,15+/m1/s1. The van der Waals surface area contributed by atoms with Crippen LogP contribution in [0.15, 0.2) is 36.4 Å². The summed E-state index contributed by atoms with van der Waals surface area (Å²) >= 11 is 5.88. The Morgan fingerprint density at radius 2 is 2.19 bits per heavy atom. The maximum atomic E-state index is 12.5. The lowest BCUT2D eigenvalue weighted by atomic mass is 9.75. The number of carboxylic acids is 1. The van der Waals surface area contributed by atoms with Crippen molar-refractivity contribution >= 4 is 29.2 Å². The first-order valence-corrected chi connectivity index (χ1v) is 6.95. The lowest BCUT2D eigenvalue weighted by Crippen LogP contribution is -2.44. The van der Waals surface area contributed by atoms with E-state index in [4.69, 9.17) is 16.3 Å². The van der Waals surface area contributed by atoms with Gasteiger partial charge in [0.2, 0.25) is 5.91 Å². The largest absolute Gasteiger partial charge is 0.481 e. The predicted molar refractivity (Wildman–Crippen MR) is 77.1 cm³/mol. The zero-order valence-electron chi connectivity index (χ0n) is 11.2. The number of halogens is 1. The summed E-state index contributed by atoms with van der Waals surface area (Å²) in [5.41, 5.74) is -0.344. The predicted octanol–water partition coefficient (Wildman–Crippen LogP) is 2.32. The van der Waals surface area contributed by atoms with Crippen molar-refractivity contribution in [1.82, 2.24) is 0 Å². The monoisotopic (exact) mass is 307 g/mol. The summed E-state index contributed by atoms with van der Waals surface area (Å²) in [6, 6.07) is 6.72. The van der Waals surface area contributed by atoms with Gasteiger partial charge in [0.1, 0.15) is 5.92 Å². The normalized spacial score (nSPS) is 33.1. The number of carbonyl (C=O) groups excluding carboxylic acids is 1. The first kappa shape index (κ1) is 14.1. The van der Waals surface area contributed by atoms with Crippen molar-refractivity contribution in [3.8, 4) is 0 Å². The average Bonchev–Trinajstić information content (AvgIpc) is 2.91. The summed E-state index contributed by atoms with van der Waals surface area (Å²) in [5.74, 6) is -3.05. The molecule has 2 bridgehead atoms. The molecule has 4 atom stereocenters. The summed E-state index contributed by atoms with van der Waals surface area (Å²) in [6.07, 6.45) is 2.92. The zero-order chi connectivity index (χ0) is 15.2. The Labute approximate surface area is 126 Å². The number of benzene rings is 1. The third kappa shape index (κ3) is 2.32. The first-order chi connectivity index (χ1) is 9.90. The molecule has 2 aliphatic heterocycles. The molecule has 0 unspecified atom stereocenters. The summed E-state index contributed by atoms with van der Waals surface area (Å²) in [6.45, 7) is 1.73. The smallest absolute Gasteiger partial charge is 0.310 e. The molecule has 21 heavy (non-hydrogen) atoms. The van der Waals surface area contributed by atoms with Crippen LogP contribution >= 0.6 is 11.6 Å². The molecular formula is C15H14ClNO4. The highest BCUT2D eigenvalue weighted by Crippen LogP contribution is 2.47. The molecular weight excluding hydrogens is 294 g/mol. The molecule has 0 radical (unpaired) electrons. The number of carbonyl (C=O) groups is 2. The van der Waals surface area contributed by atoms with E-state index in [1.807, 2.05) is 0 Å². The van der Waals surface area contributed by atoms with Crippen LogP contribution in [-0.2, 0) is 14.3 Å². The molecule has 2 aliphatic rings. The number of hydrogen-bond donors (Lipinski definition) is 2. The molecule has 1 fully saturated rings. The maximum absolute atomic E-state index is 12.5. The van der Waals surface area contributed by atoms with Crippen LogP contribution in [0, 0.1) is 11.8 Å². The number of amides is 1. The molecule has 110 valence electrons. The molecule has 1 saturated heterocycles. The Morgan fingerprint density at radius 3 is 2.86 bits per heavy atom. The quantitative estimate of drug-likeness (QED) is 0.840. The van der Waals surface area contributed by atoms with Crippen LogP contribution in [0.5, 0.6) is 0 Å². The average molecular weight is 308 g/mol. The van der Waals surface area contributed by atoms with E-state index in [1.54, 1.807) is 43.3 Å². The number of aliphatic carboxylic acids is 1. The van der Waals surface area contributed by atoms with Gasteiger partial charge in [0.05, 0.1) is 17.6 Å². The minimum Gasteiger partial charge on any atom is -0.481 e. The fraction of sp³-hybridized carbons (Fsp3) is 0.333. The molecule has 0 spiro atoms. The SMILES string of the molecule is C[C@@]12C=C[C@@H](O1)[C@@H](C(=O)O)[C@H]2C(=O)Nc1cccc(Cl)c1. The molecule has 6 heteroatoms. The number of ether oxygens (including phenoxy) is 1. The van der Waals surface area contributed by atoms with Gasteiger partial charge in [-0.15, -0.1) is 0 Å². The van der Waals surface area contributed by atoms with E-state index in [0.29, 0.717) is 10.7 Å². The first-order valence-electron chi connectivity index (χ1n) is 6.57. The summed E-state index contributed by atoms with van der Waals surface area (Å²) < 4.78 is 5.65. The molecule has 2 heterocycles. The number of anilines is 1. The Bertz CT molecular complexity index is 644. The Hall–Kier alpha value is -1.85. The highest BCUT2D eigenvalue weighted by molar-refractivity contribution is 6.30. The van der Waals surface area contributed by atoms with Crippen LogP contribution in [0.2, 0.25) is 5.02 Å². The highest BCUT2D eigenvalue weighted by Gasteiger charge is 2.59. The summed E-state index contributed by atoms with van der Waals surface area (Å²) in [7, 11) is 0. The Morgan fingerprint density at radius 1 is 1.43 bits per heavy atom. The second-order valence-corrected chi connectivity index (χ2v) is 5.90. The minimum absolute atomic E-state index is 0.376. The van der Waals surface area contributed by atoms with Crippen LogP contribution in [0.25, 0.3) is 0 Å². The molecule has 0 saturated carbocycles. The molecule has 5 nitrogen and oxygen atoms in total. The topological polar surface area (TPSA) is 75.6 Å². The van der Waals surface area contributed by atoms with Crippen LogP contribution in [0.3, 0.4) is 0 Å². The van der Waals surface area contributed by atoms with Crippen molar-refractivity contribution in [2.24, 2.45) is 11.8 Å². The van der Waals surface area contributed by atoms with Crippen LogP contribution in [-0.4, -0.2) is 28.7 Å². The second-order valence-electron chi connectivity index (χ2n) is 5.47. The maximum Gasteiger partial charge on any atom is 0.310 e. The van der Waals surface area contributed by atoms with Crippen molar-refractivity contribution in [2.45, 2.75) is 18.6 Å². The van der Waals surface area contributed by atoms with Crippen molar-refractivity contribution in [2.75, 3.05) is 5.32 Å². The van der Waals surface area contributed by atoms with Crippen molar-refractivity contribution in [3.05, 3.63) is 41.4 Å². The van der Waals surface area contributed by atoms with Gasteiger partial charge in [-0.25, -0.2) is 0 Å². The third-order valence-corrected chi connectivity index (χ3v) is 4.23. The van der Waals surface area contributed by atoms with Crippen LogP contribution < -0.4 is 5.32 Å². The molecule has 0 aromatic heterocycles. The minimum atomic E-state index is -1.03. The number of fused-ring (bicyclic) bond motifs is 2. The van der Waals surface area contributed by atoms with Gasteiger partial charge in [-0.3, -0.25) is 9.59 Å². The van der Waals surface area contributed by atoms with Crippen molar-refractivity contribution in [1.29, 1.82) is 0 Å². The third-order valence-electron chi connectivity index (χ3n) is 4.00. The number of rotatable bonds is 3. The zero-order valence-corrected chi connectivity index (χ0v) is 12.0. The molecule has 2 N–H and O–H groups in total. The Kier molecular flexibility index (Phi) is 3.26. The summed E-state index contributed by atoms with van der Waals surface area (Å²) in [5, 5.41) is 12.6. The van der Waals surface area contributed by atoms with Gasteiger partial charge in [-0.1, -0.05) is 29.8 Å². The van der Waals surface area contributed by atoms with Gasteiger partial charge < -0.3 is 15.2 Å². The molecule has 1 amide bonds.